The Hall–Kier alpha value is -1.10. The topological polar surface area (TPSA) is 54.0 Å². The molecule has 2 N–H and O–H groups in total. The second kappa shape index (κ2) is 4.70. The summed E-state index contributed by atoms with van der Waals surface area (Å²) in [4.78, 5) is 12.5. The predicted molar refractivity (Wildman–Crippen MR) is 86.9 cm³/mol. The summed E-state index contributed by atoms with van der Waals surface area (Å²) in [6.45, 7) is 11.8. The number of hydrogen-bond donors (Lipinski definition) is 2. The van der Waals surface area contributed by atoms with Crippen molar-refractivity contribution in [3.8, 4) is 0 Å². The molecular weight excluding hydrogens is 282 g/mol. The van der Waals surface area contributed by atoms with Crippen LogP contribution in [-0.2, 0) is 0 Å². The van der Waals surface area contributed by atoms with Crippen LogP contribution in [0.25, 0.3) is 0 Å². The van der Waals surface area contributed by atoms with E-state index in [0.29, 0.717) is 22.8 Å². The lowest BCUT2D eigenvalue weighted by molar-refractivity contribution is 0.0950. The molecule has 0 aliphatic heterocycles. The van der Waals surface area contributed by atoms with Crippen LogP contribution in [0.15, 0.2) is 0 Å². The fourth-order valence-electron chi connectivity index (χ4n) is 3.28. The molecule has 1 aromatic rings. The Morgan fingerprint density at radius 2 is 1.90 bits per heavy atom. The van der Waals surface area contributed by atoms with Gasteiger partial charge in [0.15, 0.2) is 0 Å². The van der Waals surface area contributed by atoms with Gasteiger partial charge in [-0.05, 0) is 48.0 Å². The maximum Gasteiger partial charge on any atom is 0.256 e. The van der Waals surface area contributed by atoms with Crippen molar-refractivity contribution in [1.29, 1.82) is 0 Å². The number of anilines is 1. The third-order valence-electron chi connectivity index (χ3n) is 5.79. The van der Waals surface area contributed by atoms with Crippen LogP contribution in [0.4, 0.5) is 5.00 Å². The lowest BCUT2D eigenvalue weighted by Crippen LogP contribution is -2.28. The lowest BCUT2D eigenvalue weighted by Gasteiger charge is -2.08. The summed E-state index contributed by atoms with van der Waals surface area (Å²) >= 11 is 1.40. The molecule has 0 aromatic carbocycles. The first-order chi connectivity index (χ1) is 9.75. The van der Waals surface area contributed by atoms with Crippen LogP contribution < -0.4 is 10.6 Å². The molecule has 3 rings (SSSR count). The Morgan fingerprint density at radius 3 is 2.43 bits per heavy atom. The summed E-state index contributed by atoms with van der Waals surface area (Å²) in [7, 11) is 0. The molecule has 0 unspecified atom stereocenters. The Kier molecular flexibility index (Phi) is 3.32. The third kappa shape index (κ3) is 2.45. The van der Waals surface area contributed by atoms with E-state index in [1.54, 1.807) is 0 Å². The summed E-state index contributed by atoms with van der Waals surface area (Å²) in [6, 6.07) is 0.540. The van der Waals surface area contributed by atoms with Gasteiger partial charge >= 0.3 is 0 Å². The zero-order valence-electron chi connectivity index (χ0n) is 13.5. The summed E-state index contributed by atoms with van der Waals surface area (Å²) in [5, 5.41) is 7.47. The van der Waals surface area contributed by atoms with Crippen LogP contribution in [0.5, 0.6) is 0 Å². The van der Waals surface area contributed by atoms with Crippen molar-refractivity contribution in [2.24, 2.45) is 16.7 Å². The largest absolute Gasteiger partial charge is 0.372 e. The molecule has 5 heteroatoms. The average molecular weight is 307 g/mol. The van der Waals surface area contributed by atoms with Crippen molar-refractivity contribution >= 4 is 22.4 Å². The summed E-state index contributed by atoms with van der Waals surface area (Å²) in [5.74, 6) is 0.559. The van der Waals surface area contributed by atoms with Gasteiger partial charge in [0, 0.05) is 12.6 Å². The molecule has 1 heterocycles. The van der Waals surface area contributed by atoms with E-state index >= 15 is 0 Å². The zero-order valence-corrected chi connectivity index (χ0v) is 14.4. The lowest BCUT2D eigenvalue weighted by atomic mass is 10.0. The highest BCUT2D eigenvalue weighted by Crippen LogP contribution is 2.67. The van der Waals surface area contributed by atoms with Gasteiger partial charge in [0.1, 0.15) is 5.00 Å². The van der Waals surface area contributed by atoms with Gasteiger partial charge in [-0.15, -0.1) is 0 Å². The molecule has 116 valence electrons. The van der Waals surface area contributed by atoms with Crippen LogP contribution >= 0.6 is 11.5 Å². The monoisotopic (exact) mass is 307 g/mol. The van der Waals surface area contributed by atoms with E-state index in [9.17, 15) is 4.79 Å². The minimum atomic E-state index is 0.0166. The summed E-state index contributed by atoms with van der Waals surface area (Å²) < 4.78 is 4.34. The second-order valence-corrected chi connectivity index (χ2v) is 8.37. The van der Waals surface area contributed by atoms with Crippen molar-refractivity contribution in [2.45, 2.75) is 53.5 Å². The van der Waals surface area contributed by atoms with Crippen molar-refractivity contribution in [3.05, 3.63) is 11.3 Å². The molecule has 21 heavy (non-hydrogen) atoms. The van der Waals surface area contributed by atoms with E-state index in [-0.39, 0.29) is 5.91 Å². The number of carbonyl (C=O) groups excluding carboxylic acids is 1. The summed E-state index contributed by atoms with van der Waals surface area (Å²) in [5.41, 5.74) is 2.17. The summed E-state index contributed by atoms with van der Waals surface area (Å²) in [6.07, 6.45) is 2.39. The Labute approximate surface area is 130 Å². The van der Waals surface area contributed by atoms with Crippen LogP contribution in [-0.4, -0.2) is 22.9 Å². The van der Waals surface area contributed by atoms with Gasteiger partial charge in [-0.25, -0.2) is 0 Å². The zero-order chi connectivity index (χ0) is 15.4. The number of nitrogens with zero attached hydrogens (tertiary/aromatic N) is 1. The number of rotatable bonds is 5. The molecule has 0 spiro atoms. The SMILES string of the molecule is Cc1nsc(NC2CC2)c1C(=O)NCC1C(C)(C)C1(C)C. The molecule has 0 bridgehead atoms. The quantitative estimate of drug-likeness (QED) is 0.876. The van der Waals surface area contributed by atoms with Crippen LogP contribution in [0.1, 0.15) is 56.6 Å². The number of carbonyl (C=O) groups is 1. The Morgan fingerprint density at radius 1 is 1.29 bits per heavy atom. The second-order valence-electron chi connectivity index (χ2n) is 7.60. The maximum absolute atomic E-state index is 12.5. The van der Waals surface area contributed by atoms with Crippen LogP contribution in [0.3, 0.4) is 0 Å². The molecule has 2 fully saturated rings. The van der Waals surface area contributed by atoms with E-state index < -0.39 is 0 Å². The van der Waals surface area contributed by atoms with Gasteiger partial charge < -0.3 is 10.6 Å². The van der Waals surface area contributed by atoms with Gasteiger partial charge in [0.2, 0.25) is 0 Å². The molecule has 1 amide bonds. The van der Waals surface area contributed by atoms with E-state index in [4.69, 9.17) is 0 Å². The smallest absolute Gasteiger partial charge is 0.256 e. The normalized spacial score (nSPS) is 22.9. The molecule has 2 saturated carbocycles. The first-order valence-electron chi connectivity index (χ1n) is 7.76. The molecule has 0 saturated heterocycles. The van der Waals surface area contributed by atoms with Gasteiger partial charge in [0.05, 0.1) is 11.3 Å². The van der Waals surface area contributed by atoms with Gasteiger partial charge in [-0.3, -0.25) is 4.79 Å². The van der Waals surface area contributed by atoms with Crippen LogP contribution in [0.2, 0.25) is 0 Å². The standard InChI is InChI=1S/C16H25N3OS/c1-9-12(14(21-19-9)18-10-6-7-10)13(20)17-8-11-15(2,3)16(11,4)5/h10-11,18H,6-8H2,1-5H3,(H,17,20). The molecule has 1 aromatic heterocycles. The Bertz CT molecular complexity index is 558. The molecular formula is C16H25N3OS. The maximum atomic E-state index is 12.5. The fourth-order valence-corrected chi connectivity index (χ4v) is 4.15. The van der Waals surface area contributed by atoms with Gasteiger partial charge in [-0.1, -0.05) is 27.7 Å². The highest BCUT2D eigenvalue weighted by atomic mass is 32.1. The van der Waals surface area contributed by atoms with Crippen molar-refractivity contribution in [1.82, 2.24) is 9.69 Å². The molecule has 0 radical (unpaired) electrons. The van der Waals surface area contributed by atoms with Gasteiger partial charge in [0.25, 0.3) is 5.91 Å². The third-order valence-corrected chi connectivity index (χ3v) is 6.66. The number of aryl methyl sites for hydroxylation is 1. The predicted octanol–water partition coefficient (Wildman–Crippen LogP) is 3.44. The molecule has 2 aliphatic rings. The molecule has 0 atom stereocenters. The van der Waals surface area contributed by atoms with E-state index in [1.807, 2.05) is 6.92 Å². The fraction of sp³-hybridized carbons (Fsp3) is 0.750. The number of aromatic nitrogens is 1. The van der Waals surface area contributed by atoms with E-state index in [1.165, 1.54) is 24.4 Å². The Balaban J connectivity index is 1.65. The van der Waals surface area contributed by atoms with Gasteiger partial charge in [-0.2, -0.15) is 4.37 Å². The highest BCUT2D eigenvalue weighted by Gasteiger charge is 2.64. The van der Waals surface area contributed by atoms with Crippen LogP contribution in [0, 0.1) is 23.7 Å². The first-order valence-corrected chi connectivity index (χ1v) is 8.53. The molecule has 2 aliphatic carbocycles. The molecule has 4 nitrogen and oxygen atoms in total. The number of hydrogen-bond acceptors (Lipinski definition) is 4. The van der Waals surface area contributed by atoms with Crippen molar-refractivity contribution < 1.29 is 4.79 Å². The number of amides is 1. The number of nitrogens with one attached hydrogen (secondary N) is 2. The average Bonchev–Trinajstić information content (AvgIpc) is 3.20. The van der Waals surface area contributed by atoms with Crippen molar-refractivity contribution in [3.63, 3.8) is 0 Å². The van der Waals surface area contributed by atoms with Crippen molar-refractivity contribution in [2.75, 3.05) is 11.9 Å². The minimum Gasteiger partial charge on any atom is -0.372 e. The highest BCUT2D eigenvalue weighted by molar-refractivity contribution is 7.10. The van der Waals surface area contributed by atoms with E-state index in [2.05, 4.69) is 42.7 Å². The first kappa shape index (κ1) is 14.8. The van der Waals surface area contributed by atoms with E-state index in [0.717, 1.165) is 22.8 Å². The minimum absolute atomic E-state index is 0.0166.